The van der Waals surface area contributed by atoms with Crippen LogP contribution in [0, 0.1) is 0 Å². The molecular formula is C18H22Cl2O8. The maximum Gasteiger partial charge on any atom is 0.404 e. The van der Waals surface area contributed by atoms with Crippen molar-refractivity contribution in [1.29, 1.82) is 0 Å². The van der Waals surface area contributed by atoms with Crippen molar-refractivity contribution in [3.05, 3.63) is 35.9 Å². The smallest absolute Gasteiger partial charge is 0.404 e. The molecule has 0 radical (unpaired) electrons. The second kappa shape index (κ2) is 10.9. The molecule has 1 aromatic rings. The number of benzene rings is 1. The molecule has 1 atom stereocenters. The number of carbonyl (C=O) groups excluding carboxylic acids is 2. The summed E-state index contributed by atoms with van der Waals surface area (Å²) in [6.45, 7) is 4.75. The highest BCUT2D eigenvalue weighted by molar-refractivity contribution is 6.61. The van der Waals surface area contributed by atoms with E-state index < -0.39 is 29.0 Å². The molecule has 2 saturated heterocycles. The van der Waals surface area contributed by atoms with Crippen molar-refractivity contribution < 1.29 is 38.0 Å². The molecule has 0 saturated carbocycles. The first-order valence-electron chi connectivity index (χ1n) is 8.53. The van der Waals surface area contributed by atoms with Crippen LogP contribution in [0.2, 0.25) is 0 Å². The van der Waals surface area contributed by atoms with Crippen LogP contribution in [0.1, 0.15) is 25.7 Å². The van der Waals surface area contributed by atoms with Crippen molar-refractivity contribution in [3.8, 4) is 0 Å². The molecule has 10 heteroatoms. The lowest BCUT2D eigenvalue weighted by atomic mass is 10.2. The fourth-order valence-corrected chi connectivity index (χ4v) is 2.68. The Kier molecular flexibility index (Phi) is 8.94. The molecule has 1 aromatic carbocycles. The third kappa shape index (κ3) is 8.30. The Morgan fingerprint density at radius 2 is 1.71 bits per heavy atom. The summed E-state index contributed by atoms with van der Waals surface area (Å²) in [6.07, 6.45) is -1.03. The van der Waals surface area contributed by atoms with E-state index in [1.165, 1.54) is 0 Å². The van der Waals surface area contributed by atoms with Crippen LogP contribution in [0.5, 0.6) is 0 Å². The molecule has 2 aliphatic rings. The Morgan fingerprint density at radius 1 is 1.07 bits per heavy atom. The number of halogens is 2. The van der Waals surface area contributed by atoms with Crippen molar-refractivity contribution in [2.75, 3.05) is 26.4 Å². The summed E-state index contributed by atoms with van der Waals surface area (Å²) in [7, 11) is 0. The van der Waals surface area contributed by atoms with Crippen molar-refractivity contribution in [1.82, 2.24) is 0 Å². The SMILES string of the molecule is CC1(C)OCC(COC(=O)Cl)O1.O=C(Cl)OC1COC(c2ccccc2)OC1. The molecule has 0 bridgehead atoms. The second-order valence-electron chi connectivity index (χ2n) is 6.39. The fourth-order valence-electron chi connectivity index (χ4n) is 2.49. The van der Waals surface area contributed by atoms with Gasteiger partial charge >= 0.3 is 10.9 Å². The number of hydrogen-bond acceptors (Lipinski definition) is 8. The minimum atomic E-state index is -0.838. The summed E-state index contributed by atoms with van der Waals surface area (Å²) in [5, 5.41) is 0. The van der Waals surface area contributed by atoms with Crippen LogP contribution in [-0.4, -0.2) is 55.3 Å². The standard InChI is InChI=1S/C11H11ClO4.C7H11ClO4/c12-11(13)16-9-6-14-10(15-7-9)8-4-2-1-3-5-8;1-7(2)11-4-5(12-7)3-10-6(8)9/h1-5,9-10H,6-7H2;5H,3-4H2,1-2H3. The normalized spacial score (nSPS) is 25.9. The Labute approximate surface area is 172 Å². The Hall–Kier alpha value is -1.42. The summed E-state index contributed by atoms with van der Waals surface area (Å²) in [5.74, 6) is -0.580. The molecular weight excluding hydrogens is 415 g/mol. The molecule has 0 spiro atoms. The third-order valence-electron chi connectivity index (χ3n) is 3.65. The summed E-state index contributed by atoms with van der Waals surface area (Å²) >= 11 is 10.1. The molecule has 156 valence electrons. The van der Waals surface area contributed by atoms with Gasteiger partial charge < -0.3 is 28.4 Å². The van der Waals surface area contributed by atoms with E-state index in [0.29, 0.717) is 6.61 Å². The molecule has 0 N–H and O–H groups in total. The molecule has 0 aliphatic carbocycles. The van der Waals surface area contributed by atoms with Gasteiger partial charge in [0.15, 0.2) is 12.1 Å². The van der Waals surface area contributed by atoms with Gasteiger partial charge in [0.2, 0.25) is 0 Å². The van der Waals surface area contributed by atoms with Crippen LogP contribution >= 0.6 is 23.2 Å². The van der Waals surface area contributed by atoms with Gasteiger partial charge in [0.1, 0.15) is 18.8 Å². The molecule has 28 heavy (non-hydrogen) atoms. The van der Waals surface area contributed by atoms with Gasteiger partial charge in [0, 0.05) is 28.8 Å². The third-order valence-corrected chi connectivity index (χ3v) is 3.85. The molecule has 0 amide bonds. The number of ether oxygens (including phenoxy) is 6. The predicted octanol–water partition coefficient (Wildman–Crippen LogP) is 3.99. The van der Waals surface area contributed by atoms with Crippen LogP contribution in [0.4, 0.5) is 9.59 Å². The van der Waals surface area contributed by atoms with Crippen LogP contribution in [-0.2, 0) is 28.4 Å². The number of hydrogen-bond donors (Lipinski definition) is 0. The Balaban J connectivity index is 0.000000209. The van der Waals surface area contributed by atoms with Gasteiger partial charge in [-0.1, -0.05) is 30.3 Å². The van der Waals surface area contributed by atoms with E-state index in [2.05, 4.69) is 4.74 Å². The zero-order valence-corrected chi connectivity index (χ0v) is 17.0. The van der Waals surface area contributed by atoms with Gasteiger partial charge in [0.05, 0.1) is 19.8 Å². The van der Waals surface area contributed by atoms with Gasteiger partial charge in [-0.15, -0.1) is 0 Å². The maximum absolute atomic E-state index is 10.5. The largest absolute Gasteiger partial charge is 0.451 e. The number of carbonyl (C=O) groups is 2. The lowest BCUT2D eigenvalue weighted by Gasteiger charge is -2.28. The molecule has 2 heterocycles. The molecule has 2 fully saturated rings. The summed E-state index contributed by atoms with van der Waals surface area (Å²) in [6, 6.07) is 9.57. The van der Waals surface area contributed by atoms with E-state index in [9.17, 15) is 9.59 Å². The monoisotopic (exact) mass is 436 g/mol. The highest BCUT2D eigenvalue weighted by atomic mass is 35.5. The van der Waals surface area contributed by atoms with E-state index in [1.807, 2.05) is 30.3 Å². The first-order chi connectivity index (χ1) is 13.2. The van der Waals surface area contributed by atoms with Crippen LogP contribution in [0.15, 0.2) is 30.3 Å². The van der Waals surface area contributed by atoms with E-state index in [0.717, 1.165) is 5.56 Å². The highest BCUT2D eigenvalue weighted by Gasteiger charge is 2.33. The van der Waals surface area contributed by atoms with Crippen molar-refractivity contribution in [2.45, 2.75) is 38.1 Å². The van der Waals surface area contributed by atoms with E-state index >= 15 is 0 Å². The quantitative estimate of drug-likeness (QED) is 0.654. The lowest BCUT2D eigenvalue weighted by molar-refractivity contribution is -0.219. The summed E-state index contributed by atoms with van der Waals surface area (Å²) in [5.41, 5.74) is -0.711. The topological polar surface area (TPSA) is 89.5 Å². The summed E-state index contributed by atoms with van der Waals surface area (Å²) < 4.78 is 30.7. The highest BCUT2D eigenvalue weighted by Crippen LogP contribution is 2.24. The zero-order valence-electron chi connectivity index (χ0n) is 15.5. The Morgan fingerprint density at radius 3 is 2.21 bits per heavy atom. The van der Waals surface area contributed by atoms with Gasteiger partial charge in [-0.3, -0.25) is 0 Å². The maximum atomic E-state index is 10.5. The van der Waals surface area contributed by atoms with Crippen LogP contribution in [0.25, 0.3) is 0 Å². The minimum Gasteiger partial charge on any atom is -0.451 e. The van der Waals surface area contributed by atoms with Gasteiger partial charge in [0.25, 0.3) is 0 Å². The van der Waals surface area contributed by atoms with Gasteiger partial charge in [-0.05, 0) is 13.8 Å². The van der Waals surface area contributed by atoms with Gasteiger partial charge in [-0.25, -0.2) is 9.59 Å². The van der Waals surface area contributed by atoms with E-state index in [1.54, 1.807) is 13.8 Å². The first-order valence-corrected chi connectivity index (χ1v) is 9.29. The zero-order chi connectivity index (χ0) is 20.6. The molecule has 8 nitrogen and oxygen atoms in total. The van der Waals surface area contributed by atoms with Crippen molar-refractivity contribution >= 4 is 34.1 Å². The molecule has 0 aromatic heterocycles. The Bertz CT molecular complexity index is 632. The van der Waals surface area contributed by atoms with Crippen molar-refractivity contribution in [2.24, 2.45) is 0 Å². The molecule has 2 aliphatic heterocycles. The minimum absolute atomic E-state index is 0.145. The van der Waals surface area contributed by atoms with Gasteiger partial charge in [-0.2, -0.15) is 0 Å². The average Bonchev–Trinajstić information content (AvgIpc) is 3.00. The lowest BCUT2D eigenvalue weighted by Crippen LogP contribution is -2.34. The summed E-state index contributed by atoms with van der Waals surface area (Å²) in [4.78, 5) is 20.7. The number of rotatable bonds is 4. The molecule has 3 rings (SSSR count). The fraction of sp³-hybridized carbons (Fsp3) is 0.556. The predicted molar refractivity (Wildman–Crippen MR) is 99.3 cm³/mol. The van der Waals surface area contributed by atoms with E-state index in [4.69, 9.17) is 46.9 Å². The first kappa shape index (κ1) is 22.9. The average molecular weight is 437 g/mol. The second-order valence-corrected chi connectivity index (χ2v) is 7.00. The van der Waals surface area contributed by atoms with Crippen LogP contribution in [0.3, 0.4) is 0 Å². The van der Waals surface area contributed by atoms with Crippen molar-refractivity contribution in [3.63, 3.8) is 0 Å². The van der Waals surface area contributed by atoms with E-state index in [-0.39, 0.29) is 25.9 Å². The molecule has 1 unspecified atom stereocenters. The van der Waals surface area contributed by atoms with Crippen LogP contribution < -0.4 is 0 Å².